The predicted molar refractivity (Wildman–Crippen MR) is 68.3 cm³/mol. The molecule has 1 aliphatic heterocycles. The van der Waals surface area contributed by atoms with E-state index in [0.717, 1.165) is 0 Å². The third-order valence-corrected chi connectivity index (χ3v) is 3.46. The molecule has 0 radical (unpaired) electrons. The molecule has 12 heteroatoms. The molecule has 3 heterocycles. The predicted octanol–water partition coefficient (Wildman–Crippen LogP) is -1.37. The van der Waals surface area contributed by atoms with Crippen LogP contribution < -0.4 is 11.3 Å². The summed E-state index contributed by atoms with van der Waals surface area (Å²) in [4.78, 5) is 30.7. The number of nitrogens with one attached hydrogen (secondary N) is 1. The second kappa shape index (κ2) is 5.13. The first-order valence-electron chi connectivity index (χ1n) is 5.82. The zero-order valence-corrected chi connectivity index (χ0v) is 11.3. The largest absolute Gasteiger partial charge is 0.695 e. The molecule has 11 nitrogen and oxygen atoms in total. The lowest BCUT2D eigenvalue weighted by atomic mass is 10.2. The standard InChI is InChI=1S/C9H10N5O6P/c10-9-12-6-4(7(16)13-9)11-2-14(6)8-5(20-21(17)18)3(15)1-19-8/h2-3,5,8,15H,1H2,(H3-,10,12,13,16,17,18)/p+1/t3?,5?,8-/m1/s1. The zero-order valence-electron chi connectivity index (χ0n) is 10.4. The van der Waals surface area contributed by atoms with Crippen molar-refractivity contribution in [3.63, 3.8) is 0 Å². The van der Waals surface area contributed by atoms with E-state index in [4.69, 9.17) is 19.9 Å². The normalized spacial score (nSPS) is 26.4. The molecule has 0 amide bonds. The lowest BCUT2D eigenvalue weighted by Gasteiger charge is -2.16. The van der Waals surface area contributed by atoms with Gasteiger partial charge < -0.3 is 15.6 Å². The smallest absolute Gasteiger partial charge is 0.388 e. The van der Waals surface area contributed by atoms with Crippen LogP contribution in [0.15, 0.2) is 11.1 Å². The molecule has 2 aromatic heterocycles. The van der Waals surface area contributed by atoms with E-state index in [0.29, 0.717) is 0 Å². The Labute approximate surface area is 117 Å². The van der Waals surface area contributed by atoms with Gasteiger partial charge in [0.25, 0.3) is 5.56 Å². The maximum atomic E-state index is 11.7. The molecule has 0 spiro atoms. The van der Waals surface area contributed by atoms with Gasteiger partial charge in [-0.05, 0) is 0 Å². The van der Waals surface area contributed by atoms with Crippen LogP contribution in [0.25, 0.3) is 11.2 Å². The van der Waals surface area contributed by atoms with E-state index < -0.39 is 32.2 Å². The lowest BCUT2D eigenvalue weighted by molar-refractivity contribution is -0.00372. The molecule has 0 saturated carbocycles. The van der Waals surface area contributed by atoms with E-state index in [1.165, 1.54) is 10.9 Å². The Kier molecular flexibility index (Phi) is 3.43. The summed E-state index contributed by atoms with van der Waals surface area (Å²) in [6.45, 7) is -0.100. The van der Waals surface area contributed by atoms with Gasteiger partial charge in [-0.1, -0.05) is 0 Å². The van der Waals surface area contributed by atoms with Crippen LogP contribution in [0.2, 0.25) is 0 Å². The summed E-state index contributed by atoms with van der Waals surface area (Å²) in [5.74, 6) is -0.113. The number of fused-ring (bicyclic) bond motifs is 1. The number of rotatable bonds is 3. The molecule has 21 heavy (non-hydrogen) atoms. The fourth-order valence-corrected chi connectivity index (χ4v) is 2.62. The average molecular weight is 316 g/mol. The summed E-state index contributed by atoms with van der Waals surface area (Å²) >= 11 is 0. The highest BCUT2D eigenvalue weighted by molar-refractivity contribution is 7.32. The number of nitrogens with two attached hydrogens (primary N) is 1. The van der Waals surface area contributed by atoms with Crippen molar-refractivity contribution in [2.24, 2.45) is 0 Å². The molecule has 0 bridgehead atoms. The summed E-state index contributed by atoms with van der Waals surface area (Å²) in [6, 6.07) is 0. The summed E-state index contributed by atoms with van der Waals surface area (Å²) in [6.07, 6.45) is -1.89. The van der Waals surface area contributed by atoms with E-state index in [1.807, 2.05) is 0 Å². The fourth-order valence-electron chi connectivity index (χ4n) is 2.17. The van der Waals surface area contributed by atoms with Gasteiger partial charge in [0.1, 0.15) is 6.10 Å². The Hall–Kier alpha value is -1.91. The molecule has 1 aliphatic rings. The van der Waals surface area contributed by atoms with Gasteiger partial charge in [-0.25, -0.2) is 4.98 Å². The van der Waals surface area contributed by atoms with E-state index in [1.54, 1.807) is 0 Å². The minimum absolute atomic E-state index is 0.0290. The molecule has 4 atom stereocenters. The van der Waals surface area contributed by atoms with Gasteiger partial charge in [-0.15, -0.1) is 9.42 Å². The highest BCUT2D eigenvalue weighted by atomic mass is 31.1. The van der Waals surface area contributed by atoms with Gasteiger partial charge in [0.05, 0.1) is 12.9 Å². The van der Waals surface area contributed by atoms with E-state index in [-0.39, 0.29) is 23.7 Å². The van der Waals surface area contributed by atoms with Crippen LogP contribution in [0.3, 0.4) is 0 Å². The fraction of sp³-hybridized carbons (Fsp3) is 0.444. The lowest BCUT2D eigenvalue weighted by Crippen LogP contribution is -2.29. The van der Waals surface area contributed by atoms with Crippen molar-refractivity contribution >= 4 is 25.4 Å². The Balaban J connectivity index is 2.07. The van der Waals surface area contributed by atoms with Gasteiger partial charge >= 0.3 is 8.25 Å². The van der Waals surface area contributed by atoms with E-state index >= 15 is 0 Å². The first-order valence-corrected chi connectivity index (χ1v) is 6.95. The number of imidazole rings is 1. The molecule has 3 rings (SSSR count). The Morgan fingerprint density at radius 3 is 3.10 bits per heavy atom. The Morgan fingerprint density at radius 2 is 2.38 bits per heavy atom. The average Bonchev–Trinajstić information content (AvgIpc) is 2.94. The maximum absolute atomic E-state index is 11.7. The quantitative estimate of drug-likeness (QED) is 0.499. The van der Waals surface area contributed by atoms with Crippen molar-refractivity contribution in [3.8, 4) is 0 Å². The molecule has 3 unspecified atom stereocenters. The number of hydrogen-bond donors (Lipinski definition) is 4. The first-order chi connectivity index (χ1) is 9.97. The molecule has 0 aromatic carbocycles. The number of aromatic nitrogens is 4. The highest BCUT2D eigenvalue weighted by Crippen LogP contribution is 2.34. The third-order valence-electron chi connectivity index (χ3n) is 3.03. The number of aromatic amines is 1. The summed E-state index contributed by atoms with van der Waals surface area (Å²) in [7, 11) is -2.93. The SMILES string of the molecule is Nc1nc2c(ncn2[C@@H]2OCC(O)C2O[P+](=O)O)c(=O)[nH]1. The summed E-state index contributed by atoms with van der Waals surface area (Å²) in [5, 5.41) is 9.75. The van der Waals surface area contributed by atoms with Crippen LogP contribution in [0.5, 0.6) is 0 Å². The van der Waals surface area contributed by atoms with E-state index in [2.05, 4.69) is 15.0 Å². The number of nitrogen functional groups attached to an aromatic ring is 1. The molecular weight excluding hydrogens is 305 g/mol. The van der Waals surface area contributed by atoms with Crippen LogP contribution in [0.4, 0.5) is 5.95 Å². The van der Waals surface area contributed by atoms with Crippen molar-refractivity contribution in [1.82, 2.24) is 19.5 Å². The third kappa shape index (κ3) is 2.41. The Morgan fingerprint density at radius 1 is 1.62 bits per heavy atom. The number of aliphatic hydroxyl groups excluding tert-OH is 1. The zero-order chi connectivity index (χ0) is 15.1. The molecule has 5 N–H and O–H groups in total. The molecular formula is C9H11N5O6P+. The number of anilines is 1. The van der Waals surface area contributed by atoms with Crippen LogP contribution in [0.1, 0.15) is 6.23 Å². The molecule has 1 saturated heterocycles. The number of aliphatic hydroxyl groups is 1. The Bertz CT molecular complexity index is 759. The van der Waals surface area contributed by atoms with Crippen LogP contribution in [0, 0.1) is 0 Å². The van der Waals surface area contributed by atoms with Crippen LogP contribution in [-0.4, -0.2) is 48.3 Å². The van der Waals surface area contributed by atoms with Gasteiger partial charge in [-0.2, -0.15) is 4.98 Å². The van der Waals surface area contributed by atoms with Gasteiger partial charge in [0.2, 0.25) is 5.95 Å². The number of nitrogens with zero attached hydrogens (tertiary/aromatic N) is 3. The molecule has 112 valence electrons. The summed E-state index contributed by atoms with van der Waals surface area (Å²) < 4.78 is 22.2. The van der Waals surface area contributed by atoms with Crippen LogP contribution >= 0.6 is 8.25 Å². The molecule has 0 aliphatic carbocycles. The van der Waals surface area contributed by atoms with Gasteiger partial charge in [-0.3, -0.25) is 14.3 Å². The summed E-state index contributed by atoms with van der Waals surface area (Å²) in [5.41, 5.74) is 5.10. The second-order valence-electron chi connectivity index (χ2n) is 4.37. The maximum Gasteiger partial charge on any atom is 0.695 e. The van der Waals surface area contributed by atoms with Crippen molar-refractivity contribution in [2.45, 2.75) is 18.4 Å². The number of H-pyrrole nitrogens is 1. The minimum atomic E-state index is -2.93. The number of hydrogen-bond acceptors (Lipinski definition) is 8. The van der Waals surface area contributed by atoms with Crippen LogP contribution in [-0.2, 0) is 13.8 Å². The van der Waals surface area contributed by atoms with Crippen molar-refractivity contribution in [2.75, 3.05) is 12.3 Å². The monoisotopic (exact) mass is 316 g/mol. The van der Waals surface area contributed by atoms with Crippen molar-refractivity contribution < 1.29 is 23.8 Å². The molecule has 2 aromatic rings. The molecule has 1 fully saturated rings. The van der Waals surface area contributed by atoms with E-state index in [9.17, 15) is 14.5 Å². The topological polar surface area (TPSA) is 166 Å². The van der Waals surface area contributed by atoms with Gasteiger partial charge in [0.15, 0.2) is 23.5 Å². The highest BCUT2D eigenvalue weighted by Gasteiger charge is 2.45. The minimum Gasteiger partial charge on any atom is -0.388 e. The van der Waals surface area contributed by atoms with Crippen molar-refractivity contribution in [1.29, 1.82) is 0 Å². The second-order valence-corrected chi connectivity index (χ2v) is 5.06. The van der Waals surface area contributed by atoms with Gasteiger partial charge in [0, 0.05) is 4.57 Å². The van der Waals surface area contributed by atoms with Crippen molar-refractivity contribution in [3.05, 3.63) is 16.7 Å². The number of ether oxygens (including phenoxy) is 1. The first kappa shape index (κ1) is 14.0.